The van der Waals surface area contributed by atoms with E-state index in [0.29, 0.717) is 6.42 Å². The maximum Gasteiger partial charge on any atom is 0.223 e. The number of fused-ring (bicyclic) bond motifs is 1. The van der Waals surface area contributed by atoms with E-state index < -0.39 is 0 Å². The molecule has 6 heteroatoms. The number of nitrogens with zero attached hydrogens (tertiary/aromatic N) is 2. The second-order valence-corrected chi connectivity index (χ2v) is 6.61. The van der Waals surface area contributed by atoms with Crippen molar-refractivity contribution >= 4 is 35.8 Å². The number of nitrogens with one attached hydrogen (secondary N) is 2. The van der Waals surface area contributed by atoms with Crippen molar-refractivity contribution in [1.29, 1.82) is 0 Å². The summed E-state index contributed by atoms with van der Waals surface area (Å²) in [5.41, 5.74) is 2.56. The number of hydrogen-bond donors (Lipinski definition) is 2. The van der Waals surface area contributed by atoms with E-state index in [1.54, 1.807) is 7.05 Å². The fourth-order valence-electron chi connectivity index (χ4n) is 3.09. The second-order valence-electron chi connectivity index (χ2n) is 6.61. The predicted molar refractivity (Wildman–Crippen MR) is 119 cm³/mol. The van der Waals surface area contributed by atoms with Gasteiger partial charge in [0.05, 0.1) is 0 Å². The van der Waals surface area contributed by atoms with Gasteiger partial charge < -0.3 is 15.5 Å². The lowest BCUT2D eigenvalue weighted by Gasteiger charge is -2.16. The first-order valence-electron chi connectivity index (χ1n) is 9.53. The minimum Gasteiger partial charge on any atom is -0.356 e. The van der Waals surface area contributed by atoms with Crippen molar-refractivity contribution in [3.63, 3.8) is 0 Å². The molecule has 0 bridgehead atoms. The van der Waals surface area contributed by atoms with E-state index in [0.717, 1.165) is 38.6 Å². The van der Waals surface area contributed by atoms with Crippen molar-refractivity contribution < 1.29 is 4.79 Å². The number of aliphatic imine (C=N–C) groups is 1. The first-order chi connectivity index (χ1) is 12.2. The van der Waals surface area contributed by atoms with Crippen molar-refractivity contribution in [2.24, 2.45) is 4.99 Å². The normalized spacial score (nSPS) is 13.2. The van der Waals surface area contributed by atoms with Gasteiger partial charge in [0.1, 0.15) is 0 Å². The van der Waals surface area contributed by atoms with Crippen LogP contribution >= 0.6 is 24.0 Å². The highest BCUT2D eigenvalue weighted by atomic mass is 127. The molecule has 146 valence electrons. The molecule has 1 heterocycles. The van der Waals surface area contributed by atoms with Crippen LogP contribution in [0.1, 0.15) is 56.6 Å². The quantitative estimate of drug-likeness (QED) is 0.250. The predicted octanol–water partition coefficient (Wildman–Crippen LogP) is 3.67. The standard InChI is InChI=1S/C20H32N4O.HI/c1-3-4-5-8-13-22-20(21-2)23-14-9-12-19(25)24-15-17-10-6-7-11-18(17)16-24;/h6-7,10-11H,3-5,8-9,12-16H2,1-2H3,(H2,21,22,23);1H. The van der Waals surface area contributed by atoms with Gasteiger partial charge in [-0.25, -0.2) is 0 Å². The van der Waals surface area contributed by atoms with Crippen LogP contribution in [0.4, 0.5) is 0 Å². The zero-order valence-electron chi connectivity index (χ0n) is 16.1. The van der Waals surface area contributed by atoms with Gasteiger partial charge in [-0.05, 0) is 24.0 Å². The molecule has 2 rings (SSSR count). The molecular formula is C20H33IN4O. The largest absolute Gasteiger partial charge is 0.356 e. The fraction of sp³-hybridized carbons (Fsp3) is 0.600. The molecule has 1 aliphatic rings. The lowest BCUT2D eigenvalue weighted by molar-refractivity contribution is -0.131. The molecule has 1 aromatic rings. The van der Waals surface area contributed by atoms with Crippen LogP contribution in [0.15, 0.2) is 29.3 Å². The van der Waals surface area contributed by atoms with Gasteiger partial charge in [-0.3, -0.25) is 9.79 Å². The summed E-state index contributed by atoms with van der Waals surface area (Å²) in [5.74, 6) is 1.07. The van der Waals surface area contributed by atoms with Gasteiger partial charge in [-0.15, -0.1) is 24.0 Å². The number of benzene rings is 1. The van der Waals surface area contributed by atoms with E-state index in [2.05, 4.69) is 34.7 Å². The zero-order chi connectivity index (χ0) is 17.9. The molecule has 0 radical (unpaired) electrons. The van der Waals surface area contributed by atoms with Crippen LogP contribution in [0.2, 0.25) is 0 Å². The first kappa shape index (κ1) is 22.7. The molecule has 0 aromatic heterocycles. The van der Waals surface area contributed by atoms with Crippen LogP contribution in [0.5, 0.6) is 0 Å². The maximum atomic E-state index is 12.4. The number of guanidine groups is 1. The fourth-order valence-corrected chi connectivity index (χ4v) is 3.09. The molecule has 0 saturated heterocycles. The van der Waals surface area contributed by atoms with Gasteiger partial charge in [0.15, 0.2) is 5.96 Å². The van der Waals surface area contributed by atoms with Crippen LogP contribution in [0.3, 0.4) is 0 Å². The summed E-state index contributed by atoms with van der Waals surface area (Å²) in [7, 11) is 1.79. The summed E-state index contributed by atoms with van der Waals surface area (Å²) in [5, 5.41) is 6.62. The number of amides is 1. The highest BCUT2D eigenvalue weighted by molar-refractivity contribution is 14.0. The van der Waals surface area contributed by atoms with Crippen molar-refractivity contribution in [3.8, 4) is 0 Å². The molecular weight excluding hydrogens is 439 g/mol. The van der Waals surface area contributed by atoms with E-state index in [-0.39, 0.29) is 29.9 Å². The minimum atomic E-state index is 0. The minimum absolute atomic E-state index is 0. The Morgan fingerprint density at radius 2 is 1.65 bits per heavy atom. The highest BCUT2D eigenvalue weighted by Crippen LogP contribution is 2.22. The summed E-state index contributed by atoms with van der Waals surface area (Å²) >= 11 is 0. The lowest BCUT2D eigenvalue weighted by Crippen LogP contribution is -2.38. The Morgan fingerprint density at radius 3 is 2.23 bits per heavy atom. The SMILES string of the molecule is CCCCCCNC(=NC)NCCCC(=O)N1Cc2ccccc2C1.I. The van der Waals surface area contributed by atoms with Gasteiger partial charge in [-0.2, -0.15) is 0 Å². The van der Waals surface area contributed by atoms with Crippen LogP contribution < -0.4 is 10.6 Å². The van der Waals surface area contributed by atoms with E-state index in [1.807, 2.05) is 17.0 Å². The third kappa shape index (κ3) is 7.51. The Kier molecular flexibility index (Phi) is 11.3. The van der Waals surface area contributed by atoms with Crippen molar-refractivity contribution in [2.45, 2.75) is 58.5 Å². The Balaban J connectivity index is 0.00000338. The molecule has 0 atom stereocenters. The average molecular weight is 472 g/mol. The van der Waals surface area contributed by atoms with Crippen LogP contribution in [0, 0.1) is 0 Å². The van der Waals surface area contributed by atoms with Gasteiger partial charge in [0.25, 0.3) is 0 Å². The topological polar surface area (TPSA) is 56.7 Å². The molecule has 1 aromatic carbocycles. The smallest absolute Gasteiger partial charge is 0.223 e. The van der Waals surface area contributed by atoms with E-state index in [4.69, 9.17) is 0 Å². The molecule has 1 amide bonds. The van der Waals surface area contributed by atoms with Crippen LogP contribution in [-0.4, -0.2) is 36.9 Å². The van der Waals surface area contributed by atoms with Gasteiger partial charge >= 0.3 is 0 Å². The molecule has 0 aliphatic carbocycles. The Hall–Kier alpha value is -1.31. The summed E-state index contributed by atoms with van der Waals surface area (Å²) in [4.78, 5) is 18.5. The third-order valence-corrected chi connectivity index (χ3v) is 4.60. The molecule has 1 aliphatic heterocycles. The van der Waals surface area contributed by atoms with E-state index in [9.17, 15) is 4.79 Å². The Bertz CT molecular complexity index is 552. The maximum absolute atomic E-state index is 12.4. The number of rotatable bonds is 9. The number of carbonyl (C=O) groups is 1. The van der Waals surface area contributed by atoms with Gasteiger partial charge in [-0.1, -0.05) is 50.5 Å². The Morgan fingerprint density at radius 1 is 1.04 bits per heavy atom. The van der Waals surface area contributed by atoms with Crippen molar-refractivity contribution in [3.05, 3.63) is 35.4 Å². The molecule has 0 saturated carbocycles. The van der Waals surface area contributed by atoms with E-state index in [1.165, 1.54) is 36.8 Å². The Labute approximate surface area is 175 Å². The van der Waals surface area contributed by atoms with E-state index >= 15 is 0 Å². The summed E-state index contributed by atoms with van der Waals surface area (Å²) in [6, 6.07) is 8.30. The summed E-state index contributed by atoms with van der Waals surface area (Å²) < 4.78 is 0. The summed E-state index contributed by atoms with van der Waals surface area (Å²) in [6.07, 6.45) is 6.37. The van der Waals surface area contributed by atoms with Crippen molar-refractivity contribution in [1.82, 2.24) is 15.5 Å². The third-order valence-electron chi connectivity index (χ3n) is 4.60. The van der Waals surface area contributed by atoms with Crippen LogP contribution in [0.25, 0.3) is 0 Å². The molecule has 0 spiro atoms. The van der Waals surface area contributed by atoms with Gasteiger partial charge in [0.2, 0.25) is 5.91 Å². The summed E-state index contributed by atoms with van der Waals surface area (Å²) in [6.45, 7) is 5.44. The first-order valence-corrected chi connectivity index (χ1v) is 9.53. The monoisotopic (exact) mass is 472 g/mol. The lowest BCUT2D eigenvalue weighted by atomic mass is 10.1. The highest BCUT2D eigenvalue weighted by Gasteiger charge is 2.22. The zero-order valence-corrected chi connectivity index (χ0v) is 18.4. The molecule has 5 nitrogen and oxygen atoms in total. The number of hydrogen-bond acceptors (Lipinski definition) is 2. The number of halogens is 1. The number of carbonyl (C=O) groups excluding carboxylic acids is 1. The number of unbranched alkanes of at least 4 members (excludes halogenated alkanes) is 3. The molecule has 26 heavy (non-hydrogen) atoms. The second kappa shape index (κ2) is 12.9. The average Bonchev–Trinajstić information content (AvgIpc) is 3.07. The molecule has 0 fully saturated rings. The molecule has 0 unspecified atom stereocenters. The van der Waals surface area contributed by atoms with Gasteiger partial charge in [0, 0.05) is 39.6 Å². The molecule has 2 N–H and O–H groups in total. The van der Waals surface area contributed by atoms with Crippen LogP contribution in [-0.2, 0) is 17.9 Å². The van der Waals surface area contributed by atoms with Crippen molar-refractivity contribution in [2.75, 3.05) is 20.1 Å².